The maximum Gasteiger partial charge on any atom is 0.224 e. The first-order valence-electron chi connectivity index (χ1n) is 7.30. The van der Waals surface area contributed by atoms with Gasteiger partial charge in [-0.25, -0.2) is 4.39 Å². The molecule has 116 valence electrons. The van der Waals surface area contributed by atoms with Crippen LogP contribution in [0.2, 0.25) is 0 Å². The predicted octanol–water partition coefficient (Wildman–Crippen LogP) is 3.88. The van der Waals surface area contributed by atoms with Crippen molar-refractivity contribution < 1.29 is 9.18 Å². The predicted molar refractivity (Wildman–Crippen MR) is 88.0 cm³/mol. The van der Waals surface area contributed by atoms with E-state index in [0.717, 1.165) is 16.5 Å². The van der Waals surface area contributed by atoms with E-state index in [1.807, 2.05) is 30.3 Å². The second-order valence-corrected chi connectivity index (χ2v) is 6.56. The highest BCUT2D eigenvalue weighted by molar-refractivity contribution is 9.10. The number of hydrogen-bond donors (Lipinski definition) is 1. The number of benzene rings is 2. The summed E-state index contributed by atoms with van der Waals surface area (Å²) < 4.78 is 14.8. The van der Waals surface area contributed by atoms with Gasteiger partial charge in [0.05, 0.1) is 11.6 Å². The highest BCUT2D eigenvalue weighted by Crippen LogP contribution is 2.47. The third-order valence-corrected chi connectivity index (χ3v) is 4.53. The second kappa shape index (κ2) is 6.51. The summed E-state index contributed by atoms with van der Waals surface area (Å²) in [5.74, 6) is -0.341. The Kier molecular flexibility index (Phi) is 4.44. The van der Waals surface area contributed by atoms with Gasteiger partial charge in [0.1, 0.15) is 5.82 Å². The van der Waals surface area contributed by atoms with E-state index in [1.54, 1.807) is 6.07 Å². The Labute approximate surface area is 142 Å². The fourth-order valence-electron chi connectivity index (χ4n) is 2.66. The van der Waals surface area contributed by atoms with Crippen LogP contribution < -0.4 is 5.32 Å². The summed E-state index contributed by atoms with van der Waals surface area (Å²) in [5.41, 5.74) is 1.80. The van der Waals surface area contributed by atoms with Crippen LogP contribution in [0.3, 0.4) is 0 Å². The third kappa shape index (κ3) is 3.59. The zero-order valence-electron chi connectivity index (χ0n) is 12.2. The van der Waals surface area contributed by atoms with Gasteiger partial charge in [-0.3, -0.25) is 4.79 Å². The van der Waals surface area contributed by atoms with E-state index in [4.69, 9.17) is 5.26 Å². The molecule has 2 aromatic carbocycles. The SMILES string of the molecule is N#Cc1ccc(CNC(=O)[C@@H]2C[C@@H]2c2cccc(Br)c2)c(F)c1. The maximum absolute atomic E-state index is 13.8. The van der Waals surface area contributed by atoms with Crippen LogP contribution >= 0.6 is 15.9 Å². The summed E-state index contributed by atoms with van der Waals surface area (Å²) >= 11 is 3.43. The molecule has 5 heteroatoms. The summed E-state index contributed by atoms with van der Waals surface area (Å²) in [6, 6.07) is 14.1. The van der Waals surface area contributed by atoms with Crippen LogP contribution in [-0.2, 0) is 11.3 Å². The summed E-state index contributed by atoms with van der Waals surface area (Å²) in [6.45, 7) is 0.137. The Morgan fingerprint density at radius 3 is 2.87 bits per heavy atom. The number of carbonyl (C=O) groups excluding carboxylic acids is 1. The molecule has 0 radical (unpaired) electrons. The lowest BCUT2D eigenvalue weighted by molar-refractivity contribution is -0.122. The third-order valence-electron chi connectivity index (χ3n) is 4.04. The summed E-state index contributed by atoms with van der Waals surface area (Å²) in [5, 5.41) is 11.5. The van der Waals surface area contributed by atoms with Crippen molar-refractivity contribution in [2.24, 2.45) is 5.92 Å². The van der Waals surface area contributed by atoms with Crippen molar-refractivity contribution in [3.63, 3.8) is 0 Å². The average molecular weight is 373 g/mol. The van der Waals surface area contributed by atoms with Crippen molar-refractivity contribution in [1.29, 1.82) is 5.26 Å². The fourth-order valence-corrected chi connectivity index (χ4v) is 3.08. The molecule has 1 N–H and O–H groups in total. The van der Waals surface area contributed by atoms with Gasteiger partial charge in [-0.1, -0.05) is 34.1 Å². The summed E-state index contributed by atoms with van der Waals surface area (Å²) in [6.07, 6.45) is 0.818. The van der Waals surface area contributed by atoms with Crippen LogP contribution in [-0.4, -0.2) is 5.91 Å². The summed E-state index contributed by atoms with van der Waals surface area (Å²) in [7, 11) is 0. The second-order valence-electron chi connectivity index (χ2n) is 5.64. The zero-order chi connectivity index (χ0) is 16.4. The molecule has 2 aromatic rings. The van der Waals surface area contributed by atoms with Gasteiger partial charge < -0.3 is 5.32 Å². The minimum absolute atomic E-state index is 0.0502. The molecular formula is C18H14BrFN2O. The van der Waals surface area contributed by atoms with E-state index < -0.39 is 5.82 Å². The topological polar surface area (TPSA) is 52.9 Å². The number of nitrogens with one attached hydrogen (secondary N) is 1. The molecule has 0 spiro atoms. The molecule has 1 aliphatic rings. The van der Waals surface area contributed by atoms with E-state index in [0.29, 0.717) is 5.56 Å². The molecule has 0 aliphatic heterocycles. The molecule has 3 rings (SSSR count). The zero-order valence-corrected chi connectivity index (χ0v) is 13.8. The lowest BCUT2D eigenvalue weighted by Gasteiger charge is -2.07. The van der Waals surface area contributed by atoms with Crippen LogP contribution in [0.15, 0.2) is 46.9 Å². The molecule has 1 saturated carbocycles. The standard InChI is InChI=1S/C18H14BrFN2O/c19-14-3-1-2-12(7-14)15-8-16(15)18(23)22-10-13-5-4-11(9-21)6-17(13)20/h1-7,15-16H,8,10H2,(H,22,23)/t15-,16-/m1/s1. The van der Waals surface area contributed by atoms with Crippen molar-refractivity contribution in [1.82, 2.24) is 5.32 Å². The molecular weight excluding hydrogens is 359 g/mol. The molecule has 0 saturated heterocycles. The van der Waals surface area contributed by atoms with Gasteiger partial charge in [0.25, 0.3) is 0 Å². The first kappa shape index (κ1) is 15.7. The normalized spacial score (nSPS) is 19.0. The van der Waals surface area contributed by atoms with Gasteiger partial charge in [0.15, 0.2) is 0 Å². The molecule has 1 amide bonds. The largest absolute Gasteiger partial charge is 0.352 e. The molecule has 23 heavy (non-hydrogen) atoms. The lowest BCUT2D eigenvalue weighted by atomic mass is 10.1. The monoisotopic (exact) mass is 372 g/mol. The quantitative estimate of drug-likeness (QED) is 0.885. The molecule has 1 fully saturated rings. The number of amides is 1. The molecule has 0 unspecified atom stereocenters. The van der Waals surface area contributed by atoms with Gasteiger partial charge in [0.2, 0.25) is 5.91 Å². The number of hydrogen-bond acceptors (Lipinski definition) is 2. The molecule has 1 aliphatic carbocycles. The Morgan fingerprint density at radius 2 is 2.17 bits per heavy atom. The summed E-state index contributed by atoms with van der Waals surface area (Å²) in [4.78, 5) is 12.2. The van der Waals surface area contributed by atoms with Gasteiger partial charge in [0, 0.05) is 22.5 Å². The van der Waals surface area contributed by atoms with Gasteiger partial charge in [-0.15, -0.1) is 0 Å². The van der Waals surface area contributed by atoms with Gasteiger partial charge in [-0.05, 0) is 42.2 Å². The molecule has 3 nitrogen and oxygen atoms in total. The van der Waals surface area contributed by atoms with Crippen molar-refractivity contribution in [2.45, 2.75) is 18.9 Å². The number of nitriles is 1. The van der Waals surface area contributed by atoms with E-state index in [-0.39, 0.29) is 29.9 Å². The average Bonchev–Trinajstić information content (AvgIpc) is 3.34. The van der Waals surface area contributed by atoms with Crippen molar-refractivity contribution in [3.05, 3.63) is 69.4 Å². The van der Waals surface area contributed by atoms with E-state index in [2.05, 4.69) is 21.2 Å². The first-order chi connectivity index (χ1) is 11.1. The smallest absolute Gasteiger partial charge is 0.224 e. The maximum atomic E-state index is 13.8. The Balaban J connectivity index is 1.58. The highest BCUT2D eigenvalue weighted by atomic mass is 79.9. The first-order valence-corrected chi connectivity index (χ1v) is 8.09. The van der Waals surface area contributed by atoms with Crippen LogP contribution in [0.4, 0.5) is 4.39 Å². The highest BCUT2D eigenvalue weighted by Gasteiger charge is 2.43. The van der Waals surface area contributed by atoms with E-state index in [9.17, 15) is 9.18 Å². The van der Waals surface area contributed by atoms with Gasteiger partial charge in [-0.2, -0.15) is 5.26 Å². The van der Waals surface area contributed by atoms with Crippen LogP contribution in [0.25, 0.3) is 0 Å². The van der Waals surface area contributed by atoms with Crippen LogP contribution in [0.5, 0.6) is 0 Å². The minimum atomic E-state index is -0.469. The Hall–Kier alpha value is -2.19. The van der Waals surface area contributed by atoms with E-state index in [1.165, 1.54) is 12.1 Å². The fraction of sp³-hybridized carbons (Fsp3) is 0.222. The van der Waals surface area contributed by atoms with Crippen LogP contribution in [0, 0.1) is 23.1 Å². The van der Waals surface area contributed by atoms with Crippen molar-refractivity contribution in [2.75, 3.05) is 0 Å². The molecule has 2 atom stereocenters. The van der Waals surface area contributed by atoms with Crippen molar-refractivity contribution >= 4 is 21.8 Å². The minimum Gasteiger partial charge on any atom is -0.352 e. The number of nitrogens with zero attached hydrogens (tertiary/aromatic N) is 1. The number of rotatable bonds is 4. The van der Waals surface area contributed by atoms with Crippen LogP contribution in [0.1, 0.15) is 29.0 Å². The lowest BCUT2D eigenvalue weighted by Crippen LogP contribution is -2.25. The van der Waals surface area contributed by atoms with Crippen molar-refractivity contribution in [3.8, 4) is 6.07 Å². The number of carbonyl (C=O) groups is 1. The van der Waals surface area contributed by atoms with E-state index >= 15 is 0 Å². The molecule has 0 heterocycles. The number of halogens is 2. The molecule has 0 aromatic heterocycles. The van der Waals surface area contributed by atoms with Gasteiger partial charge >= 0.3 is 0 Å². The Morgan fingerprint density at radius 1 is 1.35 bits per heavy atom. The molecule has 0 bridgehead atoms. The Bertz CT molecular complexity index is 800.